The summed E-state index contributed by atoms with van der Waals surface area (Å²) in [5.41, 5.74) is 2.97. The van der Waals surface area contributed by atoms with Crippen molar-refractivity contribution in [1.29, 1.82) is 0 Å². The number of carbonyl (C=O) groups is 1. The van der Waals surface area contributed by atoms with Crippen LogP contribution in [0.15, 0.2) is 47.3 Å². The van der Waals surface area contributed by atoms with Crippen LogP contribution in [0.4, 0.5) is 5.69 Å². The molecule has 0 saturated heterocycles. The van der Waals surface area contributed by atoms with Crippen molar-refractivity contribution in [2.75, 3.05) is 5.32 Å². The fourth-order valence-electron chi connectivity index (χ4n) is 2.81. The van der Waals surface area contributed by atoms with E-state index in [0.717, 1.165) is 5.56 Å². The maximum absolute atomic E-state index is 12.9. The van der Waals surface area contributed by atoms with E-state index < -0.39 is 0 Å². The van der Waals surface area contributed by atoms with Crippen LogP contribution in [0.25, 0.3) is 11.4 Å². The zero-order valence-electron chi connectivity index (χ0n) is 15.7. The van der Waals surface area contributed by atoms with Gasteiger partial charge in [-0.1, -0.05) is 41.4 Å². The van der Waals surface area contributed by atoms with Gasteiger partial charge in [-0.05, 0) is 50.6 Å². The van der Waals surface area contributed by atoms with E-state index in [9.17, 15) is 9.59 Å². The van der Waals surface area contributed by atoms with Crippen LogP contribution in [0.2, 0.25) is 10.0 Å². The lowest BCUT2D eigenvalue weighted by molar-refractivity contribution is -0.116. The number of rotatable bonds is 4. The molecule has 1 N–H and O–H groups in total. The number of aromatic nitrogens is 2. The first kappa shape index (κ1) is 20.1. The molecule has 2 aromatic carbocycles. The molecule has 144 valence electrons. The third kappa shape index (κ3) is 4.26. The Bertz CT molecular complexity index is 1120. The molecule has 0 spiro atoms. The predicted octanol–water partition coefficient (Wildman–Crippen LogP) is 4.78. The highest BCUT2D eigenvalue weighted by Crippen LogP contribution is 2.24. The van der Waals surface area contributed by atoms with Gasteiger partial charge in [0.2, 0.25) is 5.91 Å². The Morgan fingerprint density at radius 1 is 1.11 bits per heavy atom. The van der Waals surface area contributed by atoms with Crippen LogP contribution in [0, 0.1) is 20.8 Å². The summed E-state index contributed by atoms with van der Waals surface area (Å²) in [7, 11) is 0. The summed E-state index contributed by atoms with van der Waals surface area (Å²) in [6.07, 6.45) is 0. The number of carbonyl (C=O) groups excluding carboxylic acids is 1. The molecule has 0 bridgehead atoms. The number of nitrogens with zero attached hydrogens (tertiary/aromatic N) is 2. The van der Waals surface area contributed by atoms with Crippen molar-refractivity contribution >= 4 is 34.8 Å². The number of amides is 1. The van der Waals surface area contributed by atoms with Crippen LogP contribution in [-0.2, 0) is 11.3 Å². The molecule has 0 unspecified atom stereocenters. The van der Waals surface area contributed by atoms with Crippen molar-refractivity contribution in [3.63, 3.8) is 0 Å². The van der Waals surface area contributed by atoms with Crippen LogP contribution in [0.5, 0.6) is 0 Å². The molecule has 0 radical (unpaired) electrons. The van der Waals surface area contributed by atoms with Gasteiger partial charge in [0.05, 0.1) is 10.7 Å². The lowest BCUT2D eigenvalue weighted by atomic mass is 10.1. The smallest absolute Gasteiger partial charge is 0.257 e. The summed E-state index contributed by atoms with van der Waals surface area (Å²) in [5.74, 6) is 0.0157. The summed E-state index contributed by atoms with van der Waals surface area (Å²) in [6.45, 7) is 5.17. The van der Waals surface area contributed by atoms with E-state index in [0.29, 0.717) is 38.4 Å². The molecule has 5 nitrogen and oxygen atoms in total. The third-order valence-electron chi connectivity index (χ3n) is 4.42. The molecule has 28 heavy (non-hydrogen) atoms. The van der Waals surface area contributed by atoms with Gasteiger partial charge in [0.1, 0.15) is 12.4 Å². The number of nitrogens with one attached hydrogen (secondary N) is 1. The molecule has 1 amide bonds. The Morgan fingerprint density at radius 3 is 2.54 bits per heavy atom. The fraction of sp³-hybridized carbons (Fsp3) is 0.190. The van der Waals surface area contributed by atoms with Crippen LogP contribution in [-0.4, -0.2) is 15.5 Å². The SMILES string of the molecule is Cc1ccc(NC(=O)Cn2c(-c3cccc(Cl)c3)nc(C)c(C)c2=O)c(Cl)c1. The van der Waals surface area contributed by atoms with Crippen LogP contribution in [0.3, 0.4) is 0 Å². The molecular formula is C21H19Cl2N3O2. The van der Waals surface area contributed by atoms with Gasteiger partial charge in [-0.15, -0.1) is 0 Å². The second-order valence-electron chi connectivity index (χ2n) is 6.58. The van der Waals surface area contributed by atoms with Gasteiger partial charge in [0, 0.05) is 21.8 Å². The Kier molecular flexibility index (Phi) is 5.87. The fourth-order valence-corrected chi connectivity index (χ4v) is 3.28. The lowest BCUT2D eigenvalue weighted by Gasteiger charge is -2.15. The minimum atomic E-state index is -0.374. The molecule has 0 atom stereocenters. The van der Waals surface area contributed by atoms with Crippen LogP contribution in [0.1, 0.15) is 16.8 Å². The van der Waals surface area contributed by atoms with Crippen molar-refractivity contribution in [3.05, 3.63) is 79.7 Å². The Labute approximate surface area is 172 Å². The highest BCUT2D eigenvalue weighted by atomic mass is 35.5. The minimum absolute atomic E-state index is 0.195. The number of aryl methyl sites for hydroxylation is 2. The molecule has 3 aromatic rings. The maximum atomic E-state index is 12.9. The third-order valence-corrected chi connectivity index (χ3v) is 4.97. The average Bonchev–Trinajstić information content (AvgIpc) is 2.64. The molecule has 0 saturated carbocycles. The lowest BCUT2D eigenvalue weighted by Crippen LogP contribution is -2.31. The van der Waals surface area contributed by atoms with Crippen molar-refractivity contribution in [2.45, 2.75) is 27.3 Å². The minimum Gasteiger partial charge on any atom is -0.323 e. The van der Waals surface area contributed by atoms with E-state index >= 15 is 0 Å². The standard InChI is InChI=1S/C21H19Cl2N3O2/c1-12-7-8-18(17(23)9-12)25-19(27)11-26-20(15-5-4-6-16(22)10-15)24-14(3)13(2)21(26)28/h4-10H,11H2,1-3H3,(H,25,27). The zero-order valence-corrected chi connectivity index (χ0v) is 17.2. The van der Waals surface area contributed by atoms with E-state index in [1.807, 2.05) is 13.0 Å². The highest BCUT2D eigenvalue weighted by Gasteiger charge is 2.16. The second kappa shape index (κ2) is 8.17. The highest BCUT2D eigenvalue weighted by molar-refractivity contribution is 6.33. The van der Waals surface area contributed by atoms with Gasteiger partial charge in [-0.25, -0.2) is 4.98 Å². The van der Waals surface area contributed by atoms with Gasteiger partial charge in [0.15, 0.2) is 0 Å². The predicted molar refractivity (Wildman–Crippen MR) is 113 cm³/mol. The van der Waals surface area contributed by atoms with Crippen molar-refractivity contribution in [3.8, 4) is 11.4 Å². The van der Waals surface area contributed by atoms with Gasteiger partial charge in [0.25, 0.3) is 5.56 Å². The quantitative estimate of drug-likeness (QED) is 0.666. The topological polar surface area (TPSA) is 64.0 Å². The molecule has 1 heterocycles. The number of hydrogen-bond donors (Lipinski definition) is 1. The van der Waals surface area contributed by atoms with E-state index in [-0.39, 0.29) is 18.0 Å². The van der Waals surface area contributed by atoms with E-state index in [4.69, 9.17) is 23.2 Å². The summed E-state index contributed by atoms with van der Waals surface area (Å²) >= 11 is 12.3. The number of anilines is 1. The molecule has 0 aliphatic heterocycles. The largest absolute Gasteiger partial charge is 0.323 e. The van der Waals surface area contributed by atoms with E-state index in [1.54, 1.807) is 50.2 Å². The number of halogens is 2. The van der Waals surface area contributed by atoms with Crippen molar-refractivity contribution in [1.82, 2.24) is 9.55 Å². The first-order chi connectivity index (χ1) is 13.3. The van der Waals surface area contributed by atoms with Crippen LogP contribution < -0.4 is 10.9 Å². The normalized spacial score (nSPS) is 10.8. The van der Waals surface area contributed by atoms with E-state index in [1.165, 1.54) is 4.57 Å². The van der Waals surface area contributed by atoms with Gasteiger partial charge in [-0.2, -0.15) is 0 Å². The average molecular weight is 416 g/mol. The first-order valence-corrected chi connectivity index (χ1v) is 9.42. The molecule has 0 aliphatic rings. The Morgan fingerprint density at radius 2 is 1.86 bits per heavy atom. The molecule has 3 rings (SSSR count). The molecule has 0 fully saturated rings. The van der Waals surface area contributed by atoms with Crippen molar-refractivity contribution in [2.24, 2.45) is 0 Å². The van der Waals surface area contributed by atoms with Crippen molar-refractivity contribution < 1.29 is 4.79 Å². The van der Waals surface area contributed by atoms with Gasteiger partial charge in [-0.3, -0.25) is 14.2 Å². The monoisotopic (exact) mass is 415 g/mol. The Balaban J connectivity index is 2.00. The summed E-state index contributed by atoms with van der Waals surface area (Å²) in [4.78, 5) is 30.0. The summed E-state index contributed by atoms with van der Waals surface area (Å²) in [5, 5.41) is 3.71. The molecule has 7 heteroatoms. The molecule has 0 aliphatic carbocycles. The van der Waals surface area contributed by atoms with E-state index in [2.05, 4.69) is 10.3 Å². The Hall–Kier alpha value is -2.63. The molecular weight excluding hydrogens is 397 g/mol. The summed E-state index contributed by atoms with van der Waals surface area (Å²) in [6, 6.07) is 12.4. The number of hydrogen-bond acceptors (Lipinski definition) is 3. The van der Waals surface area contributed by atoms with Crippen LogP contribution >= 0.6 is 23.2 Å². The summed E-state index contributed by atoms with van der Waals surface area (Å²) < 4.78 is 1.35. The zero-order chi connectivity index (χ0) is 20.4. The molecule has 1 aromatic heterocycles. The van der Waals surface area contributed by atoms with Gasteiger partial charge >= 0.3 is 0 Å². The maximum Gasteiger partial charge on any atom is 0.257 e. The second-order valence-corrected chi connectivity index (χ2v) is 7.42. The van der Waals surface area contributed by atoms with Gasteiger partial charge < -0.3 is 5.32 Å². The first-order valence-electron chi connectivity index (χ1n) is 8.66. The number of benzene rings is 2.